The number of aromatic nitrogens is 2. The highest BCUT2D eigenvalue weighted by molar-refractivity contribution is 5.09. The van der Waals surface area contributed by atoms with E-state index in [0.29, 0.717) is 6.04 Å². The van der Waals surface area contributed by atoms with Crippen LogP contribution in [0.1, 0.15) is 39.2 Å². The van der Waals surface area contributed by atoms with E-state index >= 15 is 0 Å². The first-order chi connectivity index (χ1) is 8.24. The lowest BCUT2D eigenvalue weighted by Gasteiger charge is -2.17. The van der Waals surface area contributed by atoms with Gasteiger partial charge in [-0.3, -0.25) is 4.68 Å². The van der Waals surface area contributed by atoms with Crippen molar-refractivity contribution in [2.45, 2.75) is 52.6 Å². The lowest BCUT2D eigenvalue weighted by Crippen LogP contribution is -2.34. The number of nitrogens with zero attached hydrogens (tertiary/aromatic N) is 2. The standard InChI is InChI=1S/C14H25N3/c1-4-6-15-14(13-7-11(13)3)8-12-9-16-17(5-2)10-12/h9-11,13-15H,4-8H2,1-3H3. The topological polar surface area (TPSA) is 29.9 Å². The lowest BCUT2D eigenvalue weighted by molar-refractivity contribution is 0.443. The average Bonchev–Trinajstić information content (AvgIpc) is 2.89. The van der Waals surface area contributed by atoms with Crippen LogP contribution in [0.3, 0.4) is 0 Å². The van der Waals surface area contributed by atoms with Gasteiger partial charge in [0.25, 0.3) is 0 Å². The Balaban J connectivity index is 1.91. The summed E-state index contributed by atoms with van der Waals surface area (Å²) in [5.74, 6) is 1.79. The minimum Gasteiger partial charge on any atom is -0.313 e. The predicted octanol–water partition coefficient (Wildman–Crippen LogP) is 2.47. The fourth-order valence-corrected chi connectivity index (χ4v) is 2.55. The third kappa shape index (κ3) is 3.32. The third-order valence-electron chi connectivity index (χ3n) is 3.81. The Morgan fingerprint density at radius 1 is 1.53 bits per heavy atom. The molecule has 1 saturated carbocycles. The van der Waals surface area contributed by atoms with Gasteiger partial charge in [-0.15, -0.1) is 0 Å². The van der Waals surface area contributed by atoms with Crippen molar-refractivity contribution in [1.82, 2.24) is 15.1 Å². The summed E-state index contributed by atoms with van der Waals surface area (Å²) in [6.45, 7) is 8.82. The van der Waals surface area contributed by atoms with E-state index < -0.39 is 0 Å². The maximum Gasteiger partial charge on any atom is 0.0522 e. The molecule has 0 radical (unpaired) electrons. The van der Waals surface area contributed by atoms with E-state index in [0.717, 1.165) is 31.3 Å². The monoisotopic (exact) mass is 235 g/mol. The summed E-state index contributed by atoms with van der Waals surface area (Å²) in [5.41, 5.74) is 1.37. The molecule has 1 aliphatic rings. The first-order valence-corrected chi connectivity index (χ1v) is 6.99. The molecule has 3 atom stereocenters. The molecule has 3 nitrogen and oxygen atoms in total. The van der Waals surface area contributed by atoms with Gasteiger partial charge < -0.3 is 5.32 Å². The minimum atomic E-state index is 0.652. The molecule has 0 aliphatic heterocycles. The van der Waals surface area contributed by atoms with Gasteiger partial charge in [0.15, 0.2) is 0 Å². The molecule has 0 aromatic carbocycles. The molecule has 3 heteroatoms. The highest BCUT2D eigenvalue weighted by Gasteiger charge is 2.39. The van der Waals surface area contributed by atoms with Crippen LogP contribution in [-0.2, 0) is 13.0 Å². The molecule has 0 amide bonds. The summed E-state index contributed by atoms with van der Waals surface area (Å²) in [6.07, 6.45) is 7.95. The average molecular weight is 235 g/mol. The van der Waals surface area contributed by atoms with Crippen molar-refractivity contribution in [1.29, 1.82) is 0 Å². The summed E-state index contributed by atoms with van der Waals surface area (Å²) >= 11 is 0. The fraction of sp³-hybridized carbons (Fsp3) is 0.786. The van der Waals surface area contributed by atoms with Crippen LogP contribution in [0.2, 0.25) is 0 Å². The van der Waals surface area contributed by atoms with Crippen LogP contribution in [0.5, 0.6) is 0 Å². The van der Waals surface area contributed by atoms with Gasteiger partial charge in [0.2, 0.25) is 0 Å². The summed E-state index contributed by atoms with van der Waals surface area (Å²) in [7, 11) is 0. The van der Waals surface area contributed by atoms with Gasteiger partial charge in [0, 0.05) is 18.8 Å². The number of hydrogen-bond donors (Lipinski definition) is 1. The highest BCUT2D eigenvalue weighted by Crippen LogP contribution is 2.41. The van der Waals surface area contributed by atoms with Gasteiger partial charge >= 0.3 is 0 Å². The van der Waals surface area contributed by atoms with Gasteiger partial charge in [-0.05, 0) is 50.1 Å². The van der Waals surface area contributed by atoms with Gasteiger partial charge in [0.05, 0.1) is 6.20 Å². The number of nitrogens with one attached hydrogen (secondary N) is 1. The number of hydrogen-bond acceptors (Lipinski definition) is 2. The van der Waals surface area contributed by atoms with Crippen molar-refractivity contribution in [3.63, 3.8) is 0 Å². The van der Waals surface area contributed by atoms with Crippen molar-refractivity contribution in [2.24, 2.45) is 11.8 Å². The van der Waals surface area contributed by atoms with Crippen LogP contribution in [0.15, 0.2) is 12.4 Å². The SMILES string of the molecule is CCCNC(Cc1cnn(CC)c1)C1CC1C. The Morgan fingerprint density at radius 2 is 2.29 bits per heavy atom. The molecule has 3 unspecified atom stereocenters. The Kier molecular flexibility index (Phi) is 4.21. The Morgan fingerprint density at radius 3 is 2.82 bits per heavy atom. The second kappa shape index (κ2) is 5.67. The predicted molar refractivity (Wildman–Crippen MR) is 71.0 cm³/mol. The molecule has 2 rings (SSSR count). The summed E-state index contributed by atoms with van der Waals surface area (Å²) in [5, 5.41) is 8.06. The van der Waals surface area contributed by atoms with Crippen molar-refractivity contribution < 1.29 is 0 Å². The second-order valence-electron chi connectivity index (χ2n) is 5.35. The molecular formula is C14H25N3. The Labute approximate surface area is 105 Å². The molecule has 0 bridgehead atoms. The quantitative estimate of drug-likeness (QED) is 0.787. The Hall–Kier alpha value is -0.830. The molecule has 1 fully saturated rings. The van der Waals surface area contributed by atoms with Crippen molar-refractivity contribution in [3.05, 3.63) is 18.0 Å². The van der Waals surface area contributed by atoms with Crippen LogP contribution >= 0.6 is 0 Å². The lowest BCUT2D eigenvalue weighted by atomic mass is 10.0. The maximum atomic E-state index is 4.36. The summed E-state index contributed by atoms with van der Waals surface area (Å²) in [6, 6.07) is 0.652. The van der Waals surface area contributed by atoms with E-state index in [9.17, 15) is 0 Å². The maximum absolute atomic E-state index is 4.36. The molecule has 1 N–H and O–H groups in total. The zero-order valence-electron chi connectivity index (χ0n) is 11.3. The van der Waals surface area contributed by atoms with Crippen molar-refractivity contribution in [3.8, 4) is 0 Å². The van der Waals surface area contributed by atoms with E-state index in [-0.39, 0.29) is 0 Å². The first kappa shape index (κ1) is 12.6. The molecule has 17 heavy (non-hydrogen) atoms. The summed E-state index contributed by atoms with van der Waals surface area (Å²) < 4.78 is 2.02. The van der Waals surface area contributed by atoms with Crippen LogP contribution in [0.4, 0.5) is 0 Å². The van der Waals surface area contributed by atoms with Crippen LogP contribution < -0.4 is 5.32 Å². The number of rotatable bonds is 7. The van der Waals surface area contributed by atoms with E-state index in [1.54, 1.807) is 0 Å². The third-order valence-corrected chi connectivity index (χ3v) is 3.81. The molecular weight excluding hydrogens is 210 g/mol. The smallest absolute Gasteiger partial charge is 0.0522 e. The molecule has 0 saturated heterocycles. The largest absolute Gasteiger partial charge is 0.313 e. The van der Waals surface area contributed by atoms with Crippen molar-refractivity contribution >= 4 is 0 Å². The fourth-order valence-electron chi connectivity index (χ4n) is 2.55. The van der Waals surface area contributed by atoms with Gasteiger partial charge in [-0.25, -0.2) is 0 Å². The zero-order chi connectivity index (χ0) is 12.3. The van der Waals surface area contributed by atoms with Gasteiger partial charge in [0.1, 0.15) is 0 Å². The van der Waals surface area contributed by atoms with Gasteiger partial charge in [-0.1, -0.05) is 13.8 Å². The molecule has 0 spiro atoms. The van der Waals surface area contributed by atoms with E-state index in [2.05, 4.69) is 37.4 Å². The van der Waals surface area contributed by atoms with E-state index in [4.69, 9.17) is 0 Å². The molecule has 96 valence electrons. The zero-order valence-corrected chi connectivity index (χ0v) is 11.3. The highest BCUT2D eigenvalue weighted by atomic mass is 15.3. The van der Waals surface area contributed by atoms with Crippen LogP contribution in [0, 0.1) is 11.8 Å². The number of aryl methyl sites for hydroxylation is 1. The van der Waals surface area contributed by atoms with Crippen LogP contribution in [0.25, 0.3) is 0 Å². The normalized spacial score (nSPS) is 24.9. The Bertz CT molecular complexity index is 345. The van der Waals surface area contributed by atoms with Crippen LogP contribution in [-0.4, -0.2) is 22.4 Å². The van der Waals surface area contributed by atoms with Crippen molar-refractivity contribution in [2.75, 3.05) is 6.54 Å². The molecule has 1 aromatic rings. The van der Waals surface area contributed by atoms with E-state index in [1.165, 1.54) is 18.4 Å². The van der Waals surface area contributed by atoms with Gasteiger partial charge in [-0.2, -0.15) is 5.10 Å². The minimum absolute atomic E-state index is 0.652. The molecule has 1 aromatic heterocycles. The summed E-state index contributed by atoms with van der Waals surface area (Å²) in [4.78, 5) is 0. The van der Waals surface area contributed by atoms with E-state index in [1.807, 2.05) is 10.9 Å². The molecule has 1 heterocycles. The second-order valence-corrected chi connectivity index (χ2v) is 5.35. The first-order valence-electron chi connectivity index (χ1n) is 6.99. The molecule has 1 aliphatic carbocycles.